The van der Waals surface area contributed by atoms with Crippen LogP contribution < -0.4 is 15.4 Å². The van der Waals surface area contributed by atoms with Crippen molar-refractivity contribution >= 4 is 43.6 Å². The van der Waals surface area contributed by atoms with Crippen LogP contribution in [-0.2, 0) is 41.7 Å². The lowest BCUT2D eigenvalue weighted by molar-refractivity contribution is -0.160. The van der Waals surface area contributed by atoms with Crippen molar-refractivity contribution < 1.29 is 41.9 Å². The fourth-order valence-corrected chi connectivity index (χ4v) is 13.6. The third kappa shape index (κ3) is 12.7. The lowest BCUT2D eigenvalue weighted by atomic mass is 9.57. The molecular weight excluding hydrogens is 901 g/mol. The van der Waals surface area contributed by atoms with Crippen LogP contribution in [0, 0.1) is 22.7 Å². The van der Waals surface area contributed by atoms with Crippen LogP contribution in [0.4, 0.5) is 0 Å². The predicted octanol–water partition coefficient (Wildman–Crippen LogP) is 12.3. The van der Waals surface area contributed by atoms with Gasteiger partial charge in [-0.1, -0.05) is 63.1 Å². The number of benzene rings is 4. The summed E-state index contributed by atoms with van der Waals surface area (Å²) in [6.45, 7) is 6.16. The topological polar surface area (TPSA) is 160 Å². The normalized spacial score (nSPS) is 30.4. The number of rotatable bonds is 14. The largest absolute Gasteiger partial charge is 0.508 e. The second-order valence-electron chi connectivity index (χ2n) is 22.4. The van der Waals surface area contributed by atoms with Gasteiger partial charge >= 0.3 is 11.9 Å². The highest BCUT2D eigenvalue weighted by Crippen LogP contribution is 2.54. The molecule has 0 atom stereocenters. The van der Waals surface area contributed by atoms with Crippen molar-refractivity contribution in [3.05, 3.63) is 83.9 Å². The molecule has 4 aromatic carbocycles. The van der Waals surface area contributed by atoms with Gasteiger partial charge < -0.3 is 30.3 Å². The maximum Gasteiger partial charge on any atom is 0.311 e. The summed E-state index contributed by atoms with van der Waals surface area (Å²) >= 11 is 0. The standard InChI is InChI=1S/C28H37NO3.C21H25NO3.C9H18O3S/c1-2-20-4-8-24(9-5-20)32-25-10-7-22-17-21(3-6-23(22)18-25)19-29-28-14-11-27(12-15-28,13-16-28)26(30)31;1-25-19(24)20-6-9-21(10-7-20,11-8-20)22-14-15-2-3-17-13-18(23)5-4-16(17)12-15;1-3-8-4-6-9(7-5-8)12-13(2,10)11/h3,6-7,10,17-18,20,24,29H,2,4-5,8-9,11-16,19H2,1H3,(H,30,31);2-5,12-13,22-23H,6-11,14H2,1H3;8-9H,3-7H2,1-2H3. The van der Waals surface area contributed by atoms with Crippen molar-refractivity contribution in [1.82, 2.24) is 10.6 Å². The van der Waals surface area contributed by atoms with Crippen LogP contribution in [0.5, 0.6) is 11.5 Å². The number of fused-ring (bicyclic) bond motifs is 8. The SMILES string of the molecule is CCC1CCC(OS(C)(=O)=O)CC1.CCC1CCC(Oc2ccc3cc(CNC45CCC(C(=O)O)(CC4)CC5)ccc3c2)CC1.COC(=O)C12CCC(NCc3ccc4cc(O)ccc4c3)(CC1)CC2. The number of phenolic OH excluding ortho intramolecular Hbond substituents is 1. The average molecular weight is 981 g/mol. The number of hydrogen-bond donors (Lipinski definition) is 4. The first-order valence-corrected chi connectivity index (χ1v) is 28.5. The van der Waals surface area contributed by atoms with Crippen molar-refractivity contribution in [3.8, 4) is 11.5 Å². The number of phenols is 1. The van der Waals surface area contributed by atoms with Crippen molar-refractivity contribution in [2.75, 3.05) is 13.4 Å². The molecule has 12 heteroatoms. The number of carbonyl (C=O) groups is 2. The summed E-state index contributed by atoms with van der Waals surface area (Å²) in [6, 6.07) is 25.0. The van der Waals surface area contributed by atoms with E-state index in [0.29, 0.717) is 11.9 Å². The second kappa shape index (κ2) is 22.3. The zero-order chi connectivity index (χ0) is 49.6. The molecule has 0 radical (unpaired) electrons. The minimum Gasteiger partial charge on any atom is -0.508 e. The number of carboxylic acids is 1. The van der Waals surface area contributed by atoms with E-state index >= 15 is 0 Å². The zero-order valence-electron chi connectivity index (χ0n) is 42.4. The first kappa shape index (κ1) is 52.1. The number of ether oxygens (including phenoxy) is 2. The van der Waals surface area contributed by atoms with Crippen LogP contribution in [-0.4, -0.2) is 67.2 Å². The van der Waals surface area contributed by atoms with Crippen molar-refractivity contribution in [2.24, 2.45) is 22.7 Å². The highest BCUT2D eigenvalue weighted by atomic mass is 32.2. The molecule has 0 unspecified atom stereocenters. The summed E-state index contributed by atoms with van der Waals surface area (Å²) in [5.41, 5.74) is 2.17. The van der Waals surface area contributed by atoms with Crippen molar-refractivity contribution in [3.63, 3.8) is 0 Å². The van der Waals surface area contributed by atoms with Crippen LogP contribution in [0.1, 0.15) is 166 Å². The second-order valence-corrected chi connectivity index (χ2v) is 24.0. The lowest BCUT2D eigenvalue weighted by Crippen LogP contribution is -2.56. The summed E-state index contributed by atoms with van der Waals surface area (Å²) in [5, 5.41) is 31.5. The molecule has 4 bridgehead atoms. The van der Waals surface area contributed by atoms with E-state index in [-0.39, 0.29) is 28.6 Å². The predicted molar refractivity (Wildman–Crippen MR) is 277 cm³/mol. The van der Waals surface area contributed by atoms with Crippen molar-refractivity contribution in [1.29, 1.82) is 0 Å². The van der Waals surface area contributed by atoms with Crippen molar-refractivity contribution in [2.45, 2.75) is 191 Å². The van der Waals surface area contributed by atoms with Crippen LogP contribution in [0.2, 0.25) is 0 Å². The van der Waals surface area contributed by atoms with Gasteiger partial charge in [-0.05, 0) is 209 Å². The van der Waals surface area contributed by atoms with E-state index in [2.05, 4.69) is 79.1 Å². The molecular formula is C58H80N2O9S. The van der Waals surface area contributed by atoms with E-state index in [1.807, 2.05) is 6.07 Å². The molecule has 8 saturated carbocycles. The Balaban J connectivity index is 0.000000154. The van der Waals surface area contributed by atoms with Crippen LogP contribution in [0.15, 0.2) is 72.8 Å². The molecule has 8 aliphatic carbocycles. The number of aromatic hydroxyl groups is 1. The molecule has 8 aliphatic rings. The fourth-order valence-electron chi connectivity index (χ4n) is 12.9. The molecule has 0 aliphatic heterocycles. The summed E-state index contributed by atoms with van der Waals surface area (Å²) in [4.78, 5) is 23.8. The first-order chi connectivity index (χ1) is 33.5. The Morgan fingerprint density at radius 1 is 0.586 bits per heavy atom. The molecule has 4 N–H and O–H groups in total. The number of aliphatic carboxylic acids is 1. The van der Waals surface area contributed by atoms with Gasteiger partial charge in [-0.15, -0.1) is 0 Å². The van der Waals surface area contributed by atoms with E-state index < -0.39 is 21.5 Å². The molecule has 12 rings (SSSR count). The summed E-state index contributed by atoms with van der Waals surface area (Å²) in [7, 11) is -1.74. The Bertz CT molecular complexity index is 2500. The van der Waals surface area contributed by atoms with Gasteiger partial charge in [0.15, 0.2) is 0 Å². The summed E-state index contributed by atoms with van der Waals surface area (Å²) in [6.07, 6.45) is 24.2. The number of esters is 1. The number of methoxy groups -OCH3 is 1. The molecule has 8 fully saturated rings. The van der Waals surface area contributed by atoms with Gasteiger partial charge in [-0.25, -0.2) is 0 Å². The first-order valence-electron chi connectivity index (χ1n) is 26.7. The zero-order valence-corrected chi connectivity index (χ0v) is 43.2. The van der Waals surface area contributed by atoms with Gasteiger partial charge in [0.2, 0.25) is 0 Å². The van der Waals surface area contributed by atoms with Gasteiger partial charge in [0.05, 0.1) is 36.4 Å². The maximum atomic E-state index is 12.1. The van der Waals surface area contributed by atoms with Gasteiger partial charge in [0.1, 0.15) is 11.5 Å². The summed E-state index contributed by atoms with van der Waals surface area (Å²) < 4.78 is 38.0. The van der Waals surface area contributed by atoms with E-state index in [1.165, 1.54) is 67.5 Å². The van der Waals surface area contributed by atoms with E-state index in [4.69, 9.17) is 13.7 Å². The molecule has 382 valence electrons. The molecule has 0 aromatic heterocycles. The molecule has 0 saturated heterocycles. The number of hydrogen-bond acceptors (Lipinski definition) is 10. The molecule has 0 spiro atoms. The highest BCUT2D eigenvalue weighted by molar-refractivity contribution is 7.86. The Labute approximate surface area is 417 Å². The molecule has 0 amide bonds. The number of nitrogens with one attached hydrogen (secondary N) is 2. The molecule has 70 heavy (non-hydrogen) atoms. The lowest BCUT2D eigenvalue weighted by Gasteiger charge is -2.52. The number of carboxylic acid groups (broad SMARTS) is 1. The minimum atomic E-state index is -3.25. The third-order valence-corrected chi connectivity index (χ3v) is 18.6. The van der Waals surface area contributed by atoms with Gasteiger partial charge in [0.25, 0.3) is 10.1 Å². The smallest absolute Gasteiger partial charge is 0.311 e. The Morgan fingerprint density at radius 3 is 1.47 bits per heavy atom. The molecule has 0 heterocycles. The highest BCUT2D eigenvalue weighted by Gasteiger charge is 2.53. The Morgan fingerprint density at radius 2 is 1.01 bits per heavy atom. The monoisotopic (exact) mass is 981 g/mol. The third-order valence-electron chi connectivity index (χ3n) is 18.0. The molecule has 11 nitrogen and oxygen atoms in total. The Kier molecular flexibility index (Phi) is 16.6. The quantitative estimate of drug-likeness (QED) is 0.0703. The van der Waals surface area contributed by atoms with Gasteiger partial charge in [0, 0.05) is 24.2 Å². The number of carbonyl (C=O) groups excluding carboxylic acids is 1. The Hall–Kier alpha value is -4.23. The van der Waals surface area contributed by atoms with E-state index in [9.17, 15) is 28.2 Å². The maximum absolute atomic E-state index is 12.1. The summed E-state index contributed by atoms with van der Waals surface area (Å²) in [5.74, 6) is 2.36. The molecule has 4 aromatic rings. The van der Waals surface area contributed by atoms with Crippen LogP contribution >= 0.6 is 0 Å². The van der Waals surface area contributed by atoms with Crippen LogP contribution in [0.3, 0.4) is 0 Å². The van der Waals surface area contributed by atoms with E-state index in [1.54, 1.807) is 12.1 Å². The minimum absolute atomic E-state index is 0.0152. The van der Waals surface area contributed by atoms with E-state index in [0.717, 1.165) is 150 Å². The fraction of sp³-hybridized carbons (Fsp3) is 0.621. The van der Waals surface area contributed by atoms with Gasteiger partial charge in [-0.2, -0.15) is 8.42 Å². The van der Waals surface area contributed by atoms with Gasteiger partial charge in [-0.3, -0.25) is 13.8 Å². The van der Waals surface area contributed by atoms with Crippen LogP contribution in [0.25, 0.3) is 21.5 Å². The average Bonchev–Trinajstić information content (AvgIpc) is 3.38.